The number of carbonyl (C=O) groups excluding carboxylic acids is 5. The number of likely N-dealkylation sites (tertiary alicyclic amines) is 2. The maximum Gasteiger partial charge on any atom is 0.416 e. The van der Waals surface area contributed by atoms with Crippen LogP contribution in [0.1, 0.15) is 108 Å². The summed E-state index contributed by atoms with van der Waals surface area (Å²) in [6.45, 7) is 6.80. The molecule has 17 nitrogen and oxygen atoms in total. The van der Waals surface area contributed by atoms with Crippen LogP contribution in [0.4, 0.5) is 19.0 Å². The molecule has 0 bridgehead atoms. The van der Waals surface area contributed by atoms with Gasteiger partial charge in [-0.1, -0.05) is 6.07 Å². The summed E-state index contributed by atoms with van der Waals surface area (Å²) in [5.74, 6) is -1.09. The average Bonchev–Trinajstić information content (AvgIpc) is 3.86. The summed E-state index contributed by atoms with van der Waals surface area (Å²) in [5.41, 5.74) is 0.344. The lowest BCUT2D eigenvalue weighted by molar-refractivity contribution is -0.137. The van der Waals surface area contributed by atoms with Gasteiger partial charge in [-0.15, -0.1) is 0 Å². The second-order valence-corrected chi connectivity index (χ2v) is 19.5. The van der Waals surface area contributed by atoms with Crippen molar-refractivity contribution >= 4 is 46.3 Å². The number of rotatable bonds is 21. The Morgan fingerprint density at radius 1 is 0.914 bits per heavy atom. The molecule has 6 atom stereocenters. The first-order valence-electron chi connectivity index (χ1n) is 24.9. The van der Waals surface area contributed by atoms with E-state index in [2.05, 4.69) is 62.0 Å². The van der Waals surface area contributed by atoms with Gasteiger partial charge >= 0.3 is 6.18 Å². The van der Waals surface area contributed by atoms with E-state index in [0.29, 0.717) is 96.2 Å². The number of alkyl halides is 3. The number of carbonyl (C=O) groups is 5. The summed E-state index contributed by atoms with van der Waals surface area (Å²) >= 11 is 0. The molecular weight excluding hydrogens is 910 g/mol. The summed E-state index contributed by atoms with van der Waals surface area (Å²) in [7, 11) is 3.80. The molecule has 4 aliphatic rings. The molecule has 7 rings (SSSR count). The molecule has 70 heavy (non-hydrogen) atoms. The number of anilines is 1. The molecule has 4 N–H and O–H groups in total. The van der Waals surface area contributed by atoms with Gasteiger partial charge in [-0.05, 0) is 115 Å². The SMILES string of the molecule is CC(C)N(C)[C@@H]1CC[C@H](N2CC[C@H](Nc3ncnc4ccc(C(F)(F)F)cc34)C2=O)[C@H](NC(=O)[C@H]2CC[C@@H](NC(=O)CCOCCCOCCCNC(=O)[C@H]3CC(=O)N(C)[C@@H]3c3cccnc3)CC2)C1. The van der Waals surface area contributed by atoms with Crippen LogP contribution in [-0.4, -0.2) is 149 Å². The lowest BCUT2D eigenvalue weighted by Crippen LogP contribution is -2.59. The molecule has 2 saturated carbocycles. The van der Waals surface area contributed by atoms with Gasteiger partial charge in [0.1, 0.15) is 18.2 Å². The van der Waals surface area contributed by atoms with Crippen LogP contribution in [0.15, 0.2) is 49.1 Å². The Kier molecular flexibility index (Phi) is 18.0. The zero-order chi connectivity index (χ0) is 50.0. The van der Waals surface area contributed by atoms with E-state index >= 15 is 0 Å². The maximum absolute atomic E-state index is 14.1. The van der Waals surface area contributed by atoms with Gasteiger partial charge in [0.25, 0.3) is 0 Å². The summed E-state index contributed by atoms with van der Waals surface area (Å²) in [4.78, 5) is 84.4. The standard InChI is InChI=1S/C50H69F3N10O7/c1-31(2)61(3)36-14-16-42(63-21-17-40(49(63)68)59-46-37-26-34(50(51,52)53)11-15-39(37)56-30-57-46)41(27-36)60-47(66)32-9-12-35(13-10-32)58-43(64)18-25-70-24-7-23-69-22-6-20-55-48(67)38-28-44(65)62(4)45(38)33-8-5-19-54-29-33/h5,8,11,15,19,26,29-32,35-36,38,40-42,45H,6-7,9-10,12-14,16-18,20-25,27-28H2,1-4H3,(H,55,67)(H,58,64)(H,60,66)(H,56,57,59)/t32-,35+,36-,38+,40+,41-,42+,45-/m1/s1. The normalized spacial score (nSPS) is 25.2. The second kappa shape index (κ2) is 24.1. The molecule has 0 unspecified atom stereocenters. The Hall–Kier alpha value is -5.47. The van der Waals surface area contributed by atoms with Gasteiger partial charge in [0.2, 0.25) is 29.5 Å². The van der Waals surface area contributed by atoms with Crippen molar-refractivity contribution in [3.63, 3.8) is 0 Å². The van der Waals surface area contributed by atoms with Crippen LogP contribution >= 0.6 is 0 Å². The summed E-state index contributed by atoms with van der Waals surface area (Å²) in [6, 6.07) is 5.84. The quantitative estimate of drug-likeness (QED) is 0.104. The first-order valence-corrected chi connectivity index (χ1v) is 24.9. The fraction of sp³-hybridized carbons (Fsp3) is 0.640. The van der Waals surface area contributed by atoms with Crippen LogP contribution in [0.3, 0.4) is 0 Å². The van der Waals surface area contributed by atoms with Gasteiger partial charge < -0.3 is 45.4 Å². The van der Waals surface area contributed by atoms with Gasteiger partial charge in [-0.2, -0.15) is 13.2 Å². The predicted molar refractivity (Wildman–Crippen MR) is 255 cm³/mol. The summed E-state index contributed by atoms with van der Waals surface area (Å²) in [6.07, 6.45) is 6.96. The third-order valence-corrected chi connectivity index (χ3v) is 14.6. The number of pyridine rings is 1. The molecule has 20 heteroatoms. The number of aromatic nitrogens is 3. The van der Waals surface area contributed by atoms with Gasteiger partial charge in [-0.25, -0.2) is 9.97 Å². The Bertz CT molecular complexity index is 2270. The van der Waals surface area contributed by atoms with E-state index in [4.69, 9.17) is 9.47 Å². The van der Waals surface area contributed by atoms with Gasteiger partial charge in [0.05, 0.1) is 41.7 Å². The molecule has 5 amide bonds. The minimum atomic E-state index is -4.55. The number of benzene rings is 1. The minimum Gasteiger partial charge on any atom is -0.381 e. The molecule has 2 aliphatic heterocycles. The summed E-state index contributed by atoms with van der Waals surface area (Å²) in [5, 5.41) is 12.7. The number of hydrogen-bond acceptors (Lipinski definition) is 12. The molecule has 0 spiro atoms. The third kappa shape index (κ3) is 13.3. The fourth-order valence-corrected chi connectivity index (χ4v) is 10.5. The van der Waals surface area contributed by atoms with E-state index in [-0.39, 0.29) is 102 Å². The van der Waals surface area contributed by atoms with E-state index in [9.17, 15) is 37.1 Å². The fourth-order valence-electron chi connectivity index (χ4n) is 10.5. The monoisotopic (exact) mass is 979 g/mol. The summed E-state index contributed by atoms with van der Waals surface area (Å²) < 4.78 is 52.2. The molecule has 382 valence electrons. The molecule has 1 aromatic carbocycles. The van der Waals surface area contributed by atoms with Gasteiger partial charge in [-0.3, -0.25) is 29.0 Å². The molecule has 4 heterocycles. The molecule has 3 aromatic rings. The van der Waals surface area contributed by atoms with Crippen LogP contribution < -0.4 is 21.3 Å². The number of hydrogen-bond donors (Lipinski definition) is 4. The Balaban J connectivity index is 0.787. The zero-order valence-electron chi connectivity index (χ0n) is 40.7. The van der Waals surface area contributed by atoms with Crippen molar-refractivity contribution in [3.05, 3.63) is 60.2 Å². The molecule has 2 aromatic heterocycles. The molecule has 4 fully saturated rings. The van der Waals surface area contributed by atoms with Crippen molar-refractivity contribution in [3.8, 4) is 0 Å². The topological polar surface area (TPSA) is 200 Å². The molecule has 2 aliphatic carbocycles. The van der Waals surface area contributed by atoms with Crippen molar-refractivity contribution in [2.45, 2.75) is 139 Å². The molecule has 0 radical (unpaired) electrons. The van der Waals surface area contributed by atoms with Crippen LogP contribution in [0.25, 0.3) is 10.9 Å². The van der Waals surface area contributed by atoms with Gasteiger partial charge in [0.15, 0.2) is 0 Å². The van der Waals surface area contributed by atoms with E-state index in [1.807, 2.05) is 11.0 Å². The minimum absolute atomic E-state index is 0.0375. The van der Waals surface area contributed by atoms with E-state index in [1.165, 1.54) is 12.4 Å². The predicted octanol–water partition coefficient (Wildman–Crippen LogP) is 5.02. The van der Waals surface area contributed by atoms with Gasteiger partial charge in [0, 0.05) is 94.6 Å². The van der Waals surface area contributed by atoms with E-state index in [0.717, 1.165) is 24.1 Å². The number of nitrogens with one attached hydrogen (secondary N) is 4. The number of amides is 5. The van der Waals surface area contributed by atoms with Crippen molar-refractivity contribution in [2.24, 2.45) is 11.8 Å². The Labute approximate surface area is 407 Å². The highest BCUT2D eigenvalue weighted by molar-refractivity contribution is 5.93. The average molecular weight is 979 g/mol. The van der Waals surface area contributed by atoms with Crippen LogP contribution in [0.5, 0.6) is 0 Å². The van der Waals surface area contributed by atoms with Crippen LogP contribution in [0, 0.1) is 11.8 Å². The molecule has 2 saturated heterocycles. The Morgan fingerprint density at radius 2 is 1.67 bits per heavy atom. The zero-order valence-corrected chi connectivity index (χ0v) is 40.7. The van der Waals surface area contributed by atoms with E-state index < -0.39 is 23.7 Å². The number of ether oxygens (including phenoxy) is 2. The first kappa shape index (κ1) is 52.4. The second-order valence-electron chi connectivity index (χ2n) is 19.5. The first-order chi connectivity index (χ1) is 33.6. The third-order valence-electron chi connectivity index (χ3n) is 14.6. The van der Waals surface area contributed by atoms with Crippen molar-refractivity contribution in [1.29, 1.82) is 0 Å². The lowest BCUT2D eigenvalue weighted by atomic mass is 9.82. The highest BCUT2D eigenvalue weighted by Gasteiger charge is 2.45. The highest BCUT2D eigenvalue weighted by Crippen LogP contribution is 2.38. The Morgan fingerprint density at radius 3 is 2.40 bits per heavy atom. The van der Waals surface area contributed by atoms with Crippen molar-refractivity contribution in [2.75, 3.05) is 58.9 Å². The highest BCUT2D eigenvalue weighted by atomic mass is 19.4. The molecular formula is C50H69F3N10O7. The van der Waals surface area contributed by atoms with Crippen LogP contribution in [-0.2, 0) is 39.6 Å². The van der Waals surface area contributed by atoms with Crippen molar-refractivity contribution in [1.82, 2.24) is 45.6 Å². The van der Waals surface area contributed by atoms with Crippen LogP contribution in [0.2, 0.25) is 0 Å². The largest absolute Gasteiger partial charge is 0.416 e. The number of nitrogens with zero attached hydrogens (tertiary/aromatic N) is 6. The number of halogens is 3. The maximum atomic E-state index is 14.1. The van der Waals surface area contributed by atoms with E-state index in [1.54, 1.807) is 30.4 Å². The number of fused-ring (bicyclic) bond motifs is 1. The lowest BCUT2D eigenvalue weighted by Gasteiger charge is -2.45. The smallest absolute Gasteiger partial charge is 0.381 e. The van der Waals surface area contributed by atoms with Crippen molar-refractivity contribution < 1.29 is 46.6 Å².